The quantitative estimate of drug-likeness (QED) is 0.140. The van der Waals surface area contributed by atoms with Gasteiger partial charge in [-0.2, -0.15) is 4.58 Å². The van der Waals surface area contributed by atoms with E-state index in [4.69, 9.17) is 0 Å². The van der Waals surface area contributed by atoms with Crippen LogP contribution in [0.5, 0.6) is 0 Å². The van der Waals surface area contributed by atoms with Crippen molar-refractivity contribution in [1.29, 1.82) is 0 Å². The summed E-state index contributed by atoms with van der Waals surface area (Å²) in [6.07, 6.45) is 8.47. The molecule has 44 heavy (non-hydrogen) atoms. The van der Waals surface area contributed by atoms with Crippen LogP contribution in [0.1, 0.15) is 12.5 Å². The molecule has 6 aromatic carbocycles. The zero-order valence-electron chi connectivity index (χ0n) is 24.6. The third-order valence-electron chi connectivity index (χ3n) is 8.54. The molecule has 0 fully saturated rings. The Morgan fingerprint density at radius 1 is 0.523 bits per heavy atom. The SMILES string of the molecule is C/C=C\C=C/C1=[N+](c2ccccc2)c2ccc(-c3ccc4c(c3)c3ccccc3n4-c3cccc(-c4ccccc4)c3)cc21. The predicted molar refractivity (Wildman–Crippen MR) is 188 cm³/mol. The Labute approximate surface area is 257 Å². The van der Waals surface area contributed by atoms with Crippen LogP contribution in [0.15, 0.2) is 170 Å². The van der Waals surface area contributed by atoms with E-state index in [9.17, 15) is 0 Å². The van der Waals surface area contributed by atoms with Crippen molar-refractivity contribution in [1.82, 2.24) is 9.14 Å². The first-order valence-corrected chi connectivity index (χ1v) is 15.2. The van der Waals surface area contributed by atoms with Gasteiger partial charge < -0.3 is 4.57 Å². The number of para-hydroxylation sites is 2. The molecule has 1 aromatic heterocycles. The van der Waals surface area contributed by atoms with Crippen LogP contribution in [0.2, 0.25) is 0 Å². The van der Waals surface area contributed by atoms with Crippen molar-refractivity contribution in [3.05, 3.63) is 175 Å². The van der Waals surface area contributed by atoms with E-state index in [1.807, 2.05) is 6.92 Å². The van der Waals surface area contributed by atoms with Gasteiger partial charge in [-0.3, -0.25) is 0 Å². The molecule has 0 radical (unpaired) electrons. The van der Waals surface area contributed by atoms with Crippen LogP contribution in [-0.2, 0) is 0 Å². The van der Waals surface area contributed by atoms with Crippen LogP contribution in [0.3, 0.4) is 0 Å². The number of hydrogen-bond acceptors (Lipinski definition) is 0. The van der Waals surface area contributed by atoms with Gasteiger partial charge >= 0.3 is 0 Å². The van der Waals surface area contributed by atoms with Gasteiger partial charge in [-0.15, -0.1) is 0 Å². The third-order valence-corrected chi connectivity index (χ3v) is 8.54. The zero-order chi connectivity index (χ0) is 29.5. The molecule has 208 valence electrons. The highest BCUT2D eigenvalue weighted by molar-refractivity contribution is 6.21. The summed E-state index contributed by atoms with van der Waals surface area (Å²) in [6, 6.07) is 52.5. The van der Waals surface area contributed by atoms with Gasteiger partial charge in [0.25, 0.3) is 0 Å². The lowest BCUT2D eigenvalue weighted by Crippen LogP contribution is -2.27. The van der Waals surface area contributed by atoms with Crippen LogP contribution >= 0.6 is 0 Å². The van der Waals surface area contributed by atoms with Gasteiger partial charge in [0.2, 0.25) is 17.1 Å². The first kappa shape index (κ1) is 25.9. The number of aromatic nitrogens is 1. The topological polar surface area (TPSA) is 7.94 Å². The van der Waals surface area contributed by atoms with E-state index in [2.05, 4.69) is 179 Å². The molecule has 0 unspecified atom stereocenters. The van der Waals surface area contributed by atoms with Gasteiger partial charge in [0.05, 0.1) is 11.0 Å². The van der Waals surface area contributed by atoms with Crippen LogP contribution in [0.25, 0.3) is 49.7 Å². The highest BCUT2D eigenvalue weighted by Crippen LogP contribution is 2.39. The Morgan fingerprint density at radius 3 is 2.05 bits per heavy atom. The molecule has 0 N–H and O–H groups in total. The fraction of sp³-hybridized carbons (Fsp3) is 0.0238. The van der Waals surface area contributed by atoms with Crippen LogP contribution in [0, 0.1) is 0 Å². The molecule has 0 amide bonds. The van der Waals surface area contributed by atoms with Crippen molar-refractivity contribution >= 4 is 38.9 Å². The number of fused-ring (bicyclic) bond motifs is 4. The second-order valence-electron chi connectivity index (χ2n) is 11.2. The summed E-state index contributed by atoms with van der Waals surface area (Å²) in [5.41, 5.74) is 13.4. The molecule has 0 bridgehead atoms. The van der Waals surface area contributed by atoms with E-state index in [1.54, 1.807) is 0 Å². The molecule has 1 aliphatic heterocycles. The van der Waals surface area contributed by atoms with Crippen molar-refractivity contribution in [2.75, 3.05) is 0 Å². The van der Waals surface area contributed by atoms with Crippen LogP contribution < -0.4 is 4.58 Å². The smallest absolute Gasteiger partial charge is 0.225 e. The molecule has 1 aliphatic rings. The van der Waals surface area contributed by atoms with Crippen molar-refractivity contribution in [3.8, 4) is 27.9 Å². The summed E-state index contributed by atoms with van der Waals surface area (Å²) >= 11 is 0. The lowest BCUT2D eigenvalue weighted by Gasteiger charge is -2.19. The van der Waals surface area contributed by atoms with E-state index < -0.39 is 0 Å². The minimum absolute atomic E-state index is 1.17. The van der Waals surface area contributed by atoms with E-state index in [-0.39, 0.29) is 0 Å². The van der Waals surface area contributed by atoms with Crippen LogP contribution in [-0.4, -0.2) is 10.3 Å². The first-order valence-electron chi connectivity index (χ1n) is 15.2. The van der Waals surface area contributed by atoms with E-state index in [0.29, 0.717) is 0 Å². The van der Waals surface area contributed by atoms with Gasteiger partial charge in [-0.25, -0.2) is 0 Å². The van der Waals surface area contributed by atoms with Gasteiger partial charge in [-0.1, -0.05) is 103 Å². The van der Waals surface area contributed by atoms with E-state index in [1.165, 1.54) is 72.4 Å². The average molecular weight is 564 g/mol. The van der Waals surface area contributed by atoms with Crippen molar-refractivity contribution in [3.63, 3.8) is 0 Å². The minimum atomic E-state index is 1.17. The van der Waals surface area contributed by atoms with Crippen molar-refractivity contribution in [2.45, 2.75) is 6.92 Å². The lowest BCUT2D eigenvalue weighted by atomic mass is 9.93. The third kappa shape index (κ3) is 4.31. The fourth-order valence-electron chi connectivity index (χ4n) is 6.48. The van der Waals surface area contributed by atoms with Crippen molar-refractivity contribution in [2.24, 2.45) is 0 Å². The summed E-state index contributed by atoms with van der Waals surface area (Å²) in [6.45, 7) is 2.05. The standard InChI is InChI=1S/C42H31N2/c1-2-3-6-21-40-38-29-33(24-26-42(38)43(40)34-17-9-5-10-18-34)32-23-25-41-37(28-32)36-20-11-12-22-39(36)44(41)35-19-13-16-31(27-35)30-14-7-4-8-15-30/h2-29H,1H3/q+1/b3-2-,21-6-. The summed E-state index contributed by atoms with van der Waals surface area (Å²) in [5, 5.41) is 2.52. The van der Waals surface area contributed by atoms with Crippen molar-refractivity contribution < 1.29 is 0 Å². The molecular formula is C42H31N2+. The van der Waals surface area contributed by atoms with Crippen LogP contribution in [0.4, 0.5) is 11.4 Å². The zero-order valence-corrected chi connectivity index (χ0v) is 24.6. The maximum atomic E-state index is 2.40. The summed E-state index contributed by atoms with van der Waals surface area (Å²) in [5.74, 6) is 0. The number of nitrogens with zero attached hydrogens (tertiary/aromatic N) is 2. The van der Waals surface area contributed by atoms with Gasteiger partial charge in [0.1, 0.15) is 5.56 Å². The lowest BCUT2D eigenvalue weighted by molar-refractivity contribution is 1.03. The molecule has 7 aromatic rings. The number of rotatable bonds is 6. The highest BCUT2D eigenvalue weighted by atomic mass is 15.1. The molecule has 0 atom stereocenters. The first-order chi connectivity index (χ1) is 21.8. The molecule has 0 aliphatic carbocycles. The van der Waals surface area contributed by atoms with Gasteiger partial charge in [-0.05, 0) is 71.6 Å². The predicted octanol–water partition coefficient (Wildman–Crippen LogP) is 10.9. The normalized spacial score (nSPS) is 12.8. The number of benzene rings is 6. The average Bonchev–Trinajstić information content (AvgIpc) is 3.41. The molecule has 2 heteroatoms. The Bertz CT molecular complexity index is 2260. The maximum absolute atomic E-state index is 2.40. The summed E-state index contributed by atoms with van der Waals surface area (Å²) in [4.78, 5) is 0. The Balaban J connectivity index is 1.24. The fourth-order valence-corrected chi connectivity index (χ4v) is 6.48. The number of allylic oxidation sites excluding steroid dienone is 4. The van der Waals surface area contributed by atoms with E-state index >= 15 is 0 Å². The van der Waals surface area contributed by atoms with Gasteiger partial charge in [0, 0.05) is 40.7 Å². The Morgan fingerprint density at radius 2 is 1.20 bits per heavy atom. The summed E-state index contributed by atoms with van der Waals surface area (Å²) in [7, 11) is 0. The second-order valence-corrected chi connectivity index (χ2v) is 11.2. The molecule has 8 rings (SSSR count). The largest absolute Gasteiger partial charge is 0.309 e. The Kier molecular flexibility index (Phi) is 6.39. The van der Waals surface area contributed by atoms with Gasteiger partial charge in [0.15, 0.2) is 0 Å². The second kappa shape index (κ2) is 10.8. The molecule has 2 nitrogen and oxygen atoms in total. The molecular weight excluding hydrogens is 532 g/mol. The molecule has 0 saturated heterocycles. The molecule has 2 heterocycles. The van der Waals surface area contributed by atoms with E-state index in [0.717, 1.165) is 0 Å². The maximum Gasteiger partial charge on any atom is 0.225 e. The summed E-state index contributed by atoms with van der Waals surface area (Å²) < 4.78 is 4.73. The number of hydrogen-bond donors (Lipinski definition) is 0. The Hall–Kier alpha value is -5.73. The molecule has 0 saturated carbocycles. The molecule has 0 spiro atoms. The highest BCUT2D eigenvalue weighted by Gasteiger charge is 2.35. The monoisotopic (exact) mass is 563 g/mol. The minimum Gasteiger partial charge on any atom is -0.309 e.